The van der Waals surface area contributed by atoms with Gasteiger partial charge >= 0.3 is 0 Å². The highest BCUT2D eigenvalue weighted by molar-refractivity contribution is 5.87. The van der Waals surface area contributed by atoms with E-state index in [0.717, 1.165) is 31.9 Å². The lowest BCUT2D eigenvalue weighted by Gasteiger charge is -2.15. The van der Waals surface area contributed by atoms with E-state index >= 15 is 0 Å². The summed E-state index contributed by atoms with van der Waals surface area (Å²) < 4.78 is 6.23. The van der Waals surface area contributed by atoms with Crippen LogP contribution in [-0.4, -0.2) is 6.61 Å². The number of aryl methyl sites for hydroxylation is 1. The van der Waals surface area contributed by atoms with Crippen molar-refractivity contribution in [3.8, 4) is 5.75 Å². The van der Waals surface area contributed by atoms with Crippen molar-refractivity contribution in [2.24, 2.45) is 0 Å². The number of ether oxygens (including phenoxy) is 1. The highest BCUT2D eigenvalue weighted by Gasteiger charge is 2.09. The Morgan fingerprint density at radius 1 is 0.759 bits per heavy atom. The number of unbranched alkanes of at least 4 members (excludes halogenated alkanes) is 5. The molecule has 0 unspecified atom stereocenters. The van der Waals surface area contributed by atoms with Crippen LogP contribution in [0.5, 0.6) is 5.75 Å². The normalized spacial score (nSPS) is 11.1. The summed E-state index contributed by atoms with van der Waals surface area (Å²) in [7, 11) is 0. The molecule has 0 amide bonds. The standard InChI is InChI=1S/C27H35NO/c1-3-4-5-6-7-10-19-29-27-18-17-24-11-8-9-12-25(24)26(27)21-28-20-23-15-13-22(2)14-16-23/h8-9,11-18,28H,3-7,10,19-21H2,1-2H3. The molecule has 0 aliphatic heterocycles. The molecule has 0 bridgehead atoms. The molecule has 3 rings (SSSR count). The summed E-state index contributed by atoms with van der Waals surface area (Å²) in [5.74, 6) is 1.02. The second kappa shape index (κ2) is 11.6. The first-order valence-corrected chi connectivity index (χ1v) is 11.2. The minimum atomic E-state index is 0.801. The molecule has 3 aromatic rings. The van der Waals surface area contributed by atoms with Gasteiger partial charge in [0.2, 0.25) is 0 Å². The number of nitrogens with one attached hydrogen (secondary N) is 1. The number of hydrogen-bond donors (Lipinski definition) is 1. The Hall–Kier alpha value is -2.32. The molecule has 0 aliphatic carbocycles. The largest absolute Gasteiger partial charge is 0.493 e. The van der Waals surface area contributed by atoms with Crippen LogP contribution in [0.1, 0.15) is 62.1 Å². The molecule has 0 aliphatic rings. The van der Waals surface area contributed by atoms with Gasteiger partial charge in [0.05, 0.1) is 6.61 Å². The zero-order valence-electron chi connectivity index (χ0n) is 18.0. The Morgan fingerprint density at radius 3 is 2.34 bits per heavy atom. The number of benzene rings is 3. The lowest BCUT2D eigenvalue weighted by atomic mass is 10.0. The number of rotatable bonds is 12. The predicted molar refractivity (Wildman–Crippen MR) is 125 cm³/mol. The van der Waals surface area contributed by atoms with Crippen LogP contribution in [-0.2, 0) is 13.1 Å². The van der Waals surface area contributed by atoms with Crippen molar-refractivity contribution in [1.82, 2.24) is 5.32 Å². The molecule has 154 valence electrons. The summed E-state index contributed by atoms with van der Waals surface area (Å²) in [5, 5.41) is 6.17. The van der Waals surface area contributed by atoms with Gasteiger partial charge in [0.25, 0.3) is 0 Å². The van der Waals surface area contributed by atoms with Gasteiger partial charge in [-0.15, -0.1) is 0 Å². The zero-order chi connectivity index (χ0) is 20.3. The molecule has 1 N–H and O–H groups in total. The van der Waals surface area contributed by atoms with E-state index in [4.69, 9.17) is 4.74 Å². The summed E-state index contributed by atoms with van der Waals surface area (Å²) >= 11 is 0. The van der Waals surface area contributed by atoms with Crippen LogP contribution < -0.4 is 10.1 Å². The Morgan fingerprint density at radius 2 is 1.52 bits per heavy atom. The van der Waals surface area contributed by atoms with Crippen molar-refractivity contribution in [2.45, 2.75) is 65.5 Å². The van der Waals surface area contributed by atoms with Crippen LogP contribution in [0.2, 0.25) is 0 Å². The van der Waals surface area contributed by atoms with Gasteiger partial charge in [-0.2, -0.15) is 0 Å². The Labute approximate surface area is 176 Å². The van der Waals surface area contributed by atoms with E-state index in [9.17, 15) is 0 Å². The number of hydrogen-bond acceptors (Lipinski definition) is 2. The third kappa shape index (κ3) is 6.61. The lowest BCUT2D eigenvalue weighted by molar-refractivity contribution is 0.301. The fourth-order valence-electron chi connectivity index (χ4n) is 3.74. The fraction of sp³-hybridized carbons (Fsp3) is 0.407. The predicted octanol–water partition coefficient (Wildman–Crippen LogP) is 7.18. The molecule has 0 saturated heterocycles. The summed E-state index contributed by atoms with van der Waals surface area (Å²) in [6, 6.07) is 21.6. The molecule has 0 radical (unpaired) electrons. The van der Waals surface area contributed by atoms with Crippen molar-refractivity contribution in [3.05, 3.63) is 77.4 Å². The van der Waals surface area contributed by atoms with E-state index in [1.165, 1.54) is 59.6 Å². The zero-order valence-corrected chi connectivity index (χ0v) is 18.0. The minimum absolute atomic E-state index is 0.801. The van der Waals surface area contributed by atoms with E-state index in [-0.39, 0.29) is 0 Å². The van der Waals surface area contributed by atoms with Gasteiger partial charge in [0, 0.05) is 18.7 Å². The Kier molecular flexibility index (Phi) is 8.58. The molecule has 0 aromatic heterocycles. The molecule has 29 heavy (non-hydrogen) atoms. The average molecular weight is 390 g/mol. The van der Waals surface area contributed by atoms with Gasteiger partial charge in [0.1, 0.15) is 5.75 Å². The minimum Gasteiger partial charge on any atom is -0.493 e. The molecule has 0 spiro atoms. The van der Waals surface area contributed by atoms with Crippen molar-refractivity contribution in [1.29, 1.82) is 0 Å². The van der Waals surface area contributed by atoms with Crippen molar-refractivity contribution in [2.75, 3.05) is 6.61 Å². The summed E-state index contributed by atoms with van der Waals surface area (Å²) in [5.41, 5.74) is 3.87. The third-order valence-corrected chi connectivity index (χ3v) is 5.50. The molecular formula is C27H35NO. The van der Waals surface area contributed by atoms with Gasteiger partial charge in [-0.1, -0.05) is 99.2 Å². The summed E-state index contributed by atoms with van der Waals surface area (Å²) in [6.07, 6.45) is 7.71. The quantitative estimate of drug-likeness (QED) is 0.331. The maximum absolute atomic E-state index is 6.23. The molecule has 3 aromatic carbocycles. The van der Waals surface area contributed by atoms with Crippen molar-refractivity contribution < 1.29 is 4.74 Å². The first kappa shape index (κ1) is 21.4. The second-order valence-corrected chi connectivity index (χ2v) is 7.97. The molecule has 0 fully saturated rings. The van der Waals surface area contributed by atoms with E-state index in [1.54, 1.807) is 0 Å². The smallest absolute Gasteiger partial charge is 0.124 e. The van der Waals surface area contributed by atoms with Gasteiger partial charge in [-0.25, -0.2) is 0 Å². The molecule has 0 atom stereocenters. The third-order valence-electron chi connectivity index (χ3n) is 5.50. The Bertz CT molecular complexity index is 869. The van der Waals surface area contributed by atoms with Crippen LogP contribution >= 0.6 is 0 Å². The van der Waals surface area contributed by atoms with Gasteiger partial charge in [-0.3, -0.25) is 0 Å². The first-order chi connectivity index (χ1) is 14.3. The fourth-order valence-corrected chi connectivity index (χ4v) is 3.74. The lowest BCUT2D eigenvalue weighted by Crippen LogP contribution is -2.14. The van der Waals surface area contributed by atoms with Gasteiger partial charge < -0.3 is 10.1 Å². The molecule has 2 heteroatoms. The maximum Gasteiger partial charge on any atom is 0.124 e. The van der Waals surface area contributed by atoms with E-state index in [1.807, 2.05) is 0 Å². The van der Waals surface area contributed by atoms with Gasteiger partial charge in [-0.05, 0) is 35.7 Å². The second-order valence-electron chi connectivity index (χ2n) is 7.97. The van der Waals surface area contributed by atoms with Crippen LogP contribution in [0, 0.1) is 6.92 Å². The van der Waals surface area contributed by atoms with Crippen LogP contribution in [0.15, 0.2) is 60.7 Å². The van der Waals surface area contributed by atoms with Crippen LogP contribution in [0.3, 0.4) is 0 Å². The molecule has 0 saturated carbocycles. The topological polar surface area (TPSA) is 21.3 Å². The highest BCUT2D eigenvalue weighted by Crippen LogP contribution is 2.28. The van der Waals surface area contributed by atoms with Crippen LogP contribution in [0.4, 0.5) is 0 Å². The first-order valence-electron chi connectivity index (χ1n) is 11.2. The van der Waals surface area contributed by atoms with E-state index in [0.29, 0.717) is 0 Å². The summed E-state index contributed by atoms with van der Waals surface area (Å²) in [4.78, 5) is 0. The summed E-state index contributed by atoms with van der Waals surface area (Å²) in [6.45, 7) is 6.86. The van der Waals surface area contributed by atoms with E-state index < -0.39 is 0 Å². The van der Waals surface area contributed by atoms with E-state index in [2.05, 4.69) is 79.8 Å². The maximum atomic E-state index is 6.23. The SMILES string of the molecule is CCCCCCCCOc1ccc2ccccc2c1CNCc1ccc(C)cc1. The molecular weight excluding hydrogens is 354 g/mol. The number of fused-ring (bicyclic) bond motifs is 1. The monoisotopic (exact) mass is 389 g/mol. The molecule has 2 nitrogen and oxygen atoms in total. The van der Waals surface area contributed by atoms with Gasteiger partial charge in [0.15, 0.2) is 0 Å². The average Bonchev–Trinajstić information content (AvgIpc) is 2.75. The van der Waals surface area contributed by atoms with Crippen molar-refractivity contribution >= 4 is 10.8 Å². The Balaban J connectivity index is 1.61. The van der Waals surface area contributed by atoms with Crippen molar-refractivity contribution in [3.63, 3.8) is 0 Å². The molecule has 0 heterocycles. The van der Waals surface area contributed by atoms with Crippen LogP contribution in [0.25, 0.3) is 10.8 Å². The highest BCUT2D eigenvalue weighted by atomic mass is 16.5.